The molecule has 2 rings (SSSR count). The highest BCUT2D eigenvalue weighted by molar-refractivity contribution is 5.94. The molecule has 0 heterocycles. The summed E-state index contributed by atoms with van der Waals surface area (Å²) in [6.07, 6.45) is 2.00. The van der Waals surface area contributed by atoms with E-state index in [9.17, 15) is 9.59 Å². The maximum absolute atomic E-state index is 11.8. The Labute approximate surface area is 125 Å². The van der Waals surface area contributed by atoms with Gasteiger partial charge in [-0.3, -0.25) is 9.59 Å². The number of nitrogens with one attached hydrogen (secondary N) is 3. The van der Waals surface area contributed by atoms with E-state index in [0.29, 0.717) is 13.1 Å². The fraction of sp³-hybridized carbons (Fsp3) is 0.500. The first-order chi connectivity index (χ1) is 10.1. The van der Waals surface area contributed by atoms with Gasteiger partial charge in [0.15, 0.2) is 0 Å². The van der Waals surface area contributed by atoms with Crippen molar-refractivity contribution < 1.29 is 9.59 Å². The number of carbonyl (C=O) groups excluding carboxylic acids is 2. The summed E-state index contributed by atoms with van der Waals surface area (Å²) in [6.45, 7) is 3.06. The third-order valence-corrected chi connectivity index (χ3v) is 3.59. The normalized spacial score (nSPS) is 15.3. The first-order valence-electron chi connectivity index (χ1n) is 7.42. The van der Waals surface area contributed by atoms with Gasteiger partial charge in [0.1, 0.15) is 0 Å². The van der Waals surface area contributed by atoms with Crippen LogP contribution in [0.3, 0.4) is 0 Å². The Balaban J connectivity index is 1.79. The molecule has 1 aromatic carbocycles. The van der Waals surface area contributed by atoms with Crippen LogP contribution in [-0.4, -0.2) is 25.4 Å². The summed E-state index contributed by atoms with van der Waals surface area (Å²) in [6, 6.07) is 7.59. The van der Waals surface area contributed by atoms with Crippen molar-refractivity contribution in [2.45, 2.75) is 26.3 Å². The molecule has 0 aliphatic heterocycles. The number of rotatable bonds is 7. The molecule has 5 heteroatoms. The second kappa shape index (κ2) is 7.22. The van der Waals surface area contributed by atoms with Gasteiger partial charge in [-0.15, -0.1) is 0 Å². The maximum Gasteiger partial charge on any atom is 0.227 e. The van der Waals surface area contributed by atoms with Crippen LogP contribution in [0.15, 0.2) is 24.3 Å². The van der Waals surface area contributed by atoms with E-state index in [1.165, 1.54) is 0 Å². The van der Waals surface area contributed by atoms with Crippen LogP contribution in [0, 0.1) is 11.8 Å². The number of benzene rings is 1. The van der Waals surface area contributed by atoms with Crippen molar-refractivity contribution in [1.82, 2.24) is 10.6 Å². The molecule has 0 spiro atoms. The number of amides is 2. The molecule has 0 radical (unpaired) electrons. The van der Waals surface area contributed by atoms with Gasteiger partial charge in [0.25, 0.3) is 0 Å². The van der Waals surface area contributed by atoms with E-state index < -0.39 is 0 Å². The van der Waals surface area contributed by atoms with E-state index in [2.05, 4.69) is 16.0 Å². The van der Waals surface area contributed by atoms with Crippen LogP contribution in [0.4, 0.5) is 5.69 Å². The average molecular weight is 289 g/mol. The van der Waals surface area contributed by atoms with Crippen molar-refractivity contribution in [2.75, 3.05) is 18.9 Å². The molecule has 1 fully saturated rings. The lowest BCUT2D eigenvalue weighted by Gasteiger charge is -2.12. The molecule has 1 unspecified atom stereocenters. The summed E-state index contributed by atoms with van der Waals surface area (Å²) in [5, 5.41) is 8.79. The van der Waals surface area contributed by atoms with Gasteiger partial charge >= 0.3 is 0 Å². The molecule has 114 valence electrons. The molecule has 1 aliphatic rings. The fourth-order valence-electron chi connectivity index (χ4n) is 2.06. The molecule has 21 heavy (non-hydrogen) atoms. The summed E-state index contributed by atoms with van der Waals surface area (Å²) >= 11 is 0. The van der Waals surface area contributed by atoms with E-state index in [1.807, 2.05) is 38.2 Å². The summed E-state index contributed by atoms with van der Waals surface area (Å²) in [7, 11) is 1.83. The van der Waals surface area contributed by atoms with E-state index >= 15 is 0 Å². The zero-order valence-electron chi connectivity index (χ0n) is 12.6. The third kappa shape index (κ3) is 4.86. The maximum atomic E-state index is 11.8. The van der Waals surface area contributed by atoms with Gasteiger partial charge in [0.2, 0.25) is 11.8 Å². The van der Waals surface area contributed by atoms with E-state index in [-0.39, 0.29) is 23.7 Å². The second-order valence-electron chi connectivity index (χ2n) is 5.64. The second-order valence-corrected chi connectivity index (χ2v) is 5.64. The Morgan fingerprint density at radius 2 is 1.90 bits per heavy atom. The van der Waals surface area contributed by atoms with Crippen molar-refractivity contribution in [2.24, 2.45) is 11.8 Å². The molecule has 0 saturated heterocycles. The Hall–Kier alpha value is -1.88. The summed E-state index contributed by atoms with van der Waals surface area (Å²) in [4.78, 5) is 23.4. The lowest BCUT2D eigenvalue weighted by molar-refractivity contribution is -0.124. The van der Waals surface area contributed by atoms with Gasteiger partial charge in [-0.05, 0) is 37.6 Å². The fourth-order valence-corrected chi connectivity index (χ4v) is 2.06. The van der Waals surface area contributed by atoms with Crippen LogP contribution < -0.4 is 16.0 Å². The molecule has 1 atom stereocenters. The number of hydrogen-bond donors (Lipinski definition) is 3. The molecule has 0 bridgehead atoms. The van der Waals surface area contributed by atoms with E-state index in [4.69, 9.17) is 0 Å². The first-order valence-corrected chi connectivity index (χ1v) is 7.42. The Morgan fingerprint density at radius 3 is 2.48 bits per heavy atom. The number of carbonyl (C=O) groups is 2. The quantitative estimate of drug-likeness (QED) is 0.712. The van der Waals surface area contributed by atoms with Gasteiger partial charge in [-0.1, -0.05) is 19.1 Å². The van der Waals surface area contributed by atoms with Gasteiger partial charge in [-0.2, -0.15) is 0 Å². The molecule has 0 aromatic heterocycles. The van der Waals surface area contributed by atoms with Gasteiger partial charge in [0.05, 0.1) is 0 Å². The predicted octanol–water partition coefficient (Wildman–Crippen LogP) is 1.51. The molecule has 5 nitrogen and oxygen atoms in total. The van der Waals surface area contributed by atoms with Crippen molar-refractivity contribution in [1.29, 1.82) is 0 Å². The predicted molar refractivity (Wildman–Crippen MR) is 82.7 cm³/mol. The minimum atomic E-state index is -0.0490. The van der Waals surface area contributed by atoms with Gasteiger partial charge in [-0.25, -0.2) is 0 Å². The average Bonchev–Trinajstić information content (AvgIpc) is 3.31. The van der Waals surface area contributed by atoms with Crippen LogP contribution in [0.25, 0.3) is 0 Å². The molecule has 1 aromatic rings. The van der Waals surface area contributed by atoms with Crippen LogP contribution in [0.1, 0.15) is 25.3 Å². The molecule has 1 aliphatic carbocycles. The zero-order valence-corrected chi connectivity index (χ0v) is 12.6. The lowest BCUT2D eigenvalue weighted by atomic mass is 10.1. The summed E-state index contributed by atoms with van der Waals surface area (Å²) in [5.74, 6) is 0.303. The number of hydrogen-bond acceptors (Lipinski definition) is 3. The van der Waals surface area contributed by atoms with Gasteiger partial charge < -0.3 is 16.0 Å². The largest absolute Gasteiger partial charge is 0.352 e. The van der Waals surface area contributed by atoms with Crippen molar-refractivity contribution in [3.8, 4) is 0 Å². The standard InChI is InChI=1S/C16H23N3O2/c1-11(9-17-2)15(20)18-10-12-3-7-14(8-4-12)19-16(21)13-5-6-13/h3-4,7-8,11,13,17H,5-6,9-10H2,1-2H3,(H,18,20)(H,19,21). The Morgan fingerprint density at radius 1 is 1.24 bits per heavy atom. The van der Waals surface area contributed by atoms with Gasteiger partial charge in [0, 0.05) is 30.6 Å². The molecule has 2 amide bonds. The van der Waals surface area contributed by atoms with Crippen LogP contribution in [0.2, 0.25) is 0 Å². The third-order valence-electron chi connectivity index (χ3n) is 3.59. The zero-order chi connectivity index (χ0) is 15.2. The van der Waals surface area contributed by atoms with Crippen molar-refractivity contribution in [3.63, 3.8) is 0 Å². The highest BCUT2D eigenvalue weighted by Gasteiger charge is 2.29. The number of anilines is 1. The minimum Gasteiger partial charge on any atom is -0.352 e. The highest BCUT2D eigenvalue weighted by atomic mass is 16.2. The first kappa shape index (κ1) is 15.5. The smallest absolute Gasteiger partial charge is 0.227 e. The lowest BCUT2D eigenvalue weighted by Crippen LogP contribution is -2.33. The molecular formula is C16H23N3O2. The van der Waals surface area contributed by atoms with E-state index in [1.54, 1.807) is 0 Å². The summed E-state index contributed by atoms with van der Waals surface area (Å²) < 4.78 is 0. The minimum absolute atomic E-state index is 0.0375. The van der Waals surface area contributed by atoms with Crippen LogP contribution >= 0.6 is 0 Å². The molecule has 1 saturated carbocycles. The monoisotopic (exact) mass is 289 g/mol. The highest BCUT2D eigenvalue weighted by Crippen LogP contribution is 2.30. The van der Waals surface area contributed by atoms with Crippen LogP contribution in [0.5, 0.6) is 0 Å². The van der Waals surface area contributed by atoms with Crippen molar-refractivity contribution in [3.05, 3.63) is 29.8 Å². The SMILES string of the molecule is CNCC(C)C(=O)NCc1ccc(NC(=O)C2CC2)cc1. The Bertz CT molecular complexity index is 495. The molecule has 3 N–H and O–H groups in total. The van der Waals surface area contributed by atoms with Crippen LogP contribution in [-0.2, 0) is 16.1 Å². The molecular weight excluding hydrogens is 266 g/mol. The van der Waals surface area contributed by atoms with E-state index in [0.717, 1.165) is 24.1 Å². The van der Waals surface area contributed by atoms with Crippen molar-refractivity contribution >= 4 is 17.5 Å². The topological polar surface area (TPSA) is 70.2 Å². The summed E-state index contributed by atoms with van der Waals surface area (Å²) in [5.41, 5.74) is 1.83. The Kier molecular flexibility index (Phi) is 5.33.